The maximum absolute atomic E-state index is 7.67. The van der Waals surface area contributed by atoms with Crippen LogP contribution in [0.4, 0.5) is 5.69 Å². The van der Waals surface area contributed by atoms with Crippen LogP contribution in [0.25, 0.3) is 0 Å². The summed E-state index contributed by atoms with van der Waals surface area (Å²) in [4.78, 5) is 7.62. The third-order valence-electron chi connectivity index (χ3n) is 4.98. The number of para-hydroxylation sites is 1. The van der Waals surface area contributed by atoms with Crippen molar-refractivity contribution in [2.24, 2.45) is 10.7 Å². The van der Waals surface area contributed by atoms with Gasteiger partial charge in [0.15, 0.2) is 0 Å². The predicted octanol–water partition coefficient (Wildman–Crippen LogP) is 5.41. The van der Waals surface area contributed by atoms with Crippen LogP contribution in [0.2, 0.25) is 0 Å². The molecule has 5 N–H and O–H groups in total. The summed E-state index contributed by atoms with van der Waals surface area (Å²) in [5, 5.41) is 11.3. The van der Waals surface area contributed by atoms with E-state index in [0.29, 0.717) is 11.6 Å². The Morgan fingerprint density at radius 1 is 1.03 bits per heavy atom. The number of hydrogen-bond donors (Lipinski definition) is 4. The Bertz CT molecular complexity index is 1010. The quantitative estimate of drug-likeness (QED) is 0.350. The minimum Gasteiger partial charge on any atom is -0.374 e. The number of aliphatic imine (C=N–C) groups is 1. The molecule has 0 aliphatic carbocycles. The van der Waals surface area contributed by atoms with Gasteiger partial charge in [-0.2, -0.15) is 0 Å². The van der Waals surface area contributed by atoms with Gasteiger partial charge < -0.3 is 16.0 Å². The third kappa shape index (κ3) is 4.09. The summed E-state index contributed by atoms with van der Waals surface area (Å²) in [6.45, 7) is 8.40. The lowest BCUT2D eigenvalue weighted by molar-refractivity contribution is 0.861. The number of anilines is 1. The normalized spacial score (nSPS) is 16.2. The van der Waals surface area contributed by atoms with Gasteiger partial charge in [-0.3, -0.25) is 5.41 Å². The van der Waals surface area contributed by atoms with Crippen LogP contribution in [0.5, 0.6) is 0 Å². The van der Waals surface area contributed by atoms with Crippen molar-refractivity contribution in [1.82, 2.24) is 4.98 Å². The minimum absolute atomic E-state index is 0.0201. The Morgan fingerprint density at radius 3 is 2.38 bits per heavy atom. The van der Waals surface area contributed by atoms with Crippen molar-refractivity contribution in [3.05, 3.63) is 88.7 Å². The van der Waals surface area contributed by atoms with Gasteiger partial charge in [0.2, 0.25) is 5.96 Å². The molecular weight excluding hydrogens is 358 g/mol. The molecule has 2 heterocycles. The number of nitrogens with zero attached hydrogens (tertiary/aromatic N) is 1. The molecule has 1 atom stereocenters. The van der Waals surface area contributed by atoms with Gasteiger partial charge in [0, 0.05) is 23.0 Å². The molecule has 5 heteroatoms. The zero-order chi connectivity index (χ0) is 21.0. The highest BCUT2D eigenvalue weighted by molar-refractivity contribution is 6.19. The van der Waals surface area contributed by atoms with Crippen LogP contribution in [0.3, 0.4) is 0 Å². The predicted molar refractivity (Wildman–Crippen MR) is 122 cm³/mol. The fourth-order valence-electron chi connectivity index (χ4n) is 3.58. The molecule has 1 aromatic heterocycles. The van der Waals surface area contributed by atoms with Crippen molar-refractivity contribution in [2.45, 2.75) is 39.7 Å². The van der Waals surface area contributed by atoms with Crippen LogP contribution in [0.15, 0.2) is 65.8 Å². The number of rotatable bonds is 2. The van der Waals surface area contributed by atoms with Crippen molar-refractivity contribution in [1.29, 1.82) is 5.41 Å². The fourth-order valence-corrected chi connectivity index (χ4v) is 3.58. The third-order valence-corrected chi connectivity index (χ3v) is 4.98. The molecule has 1 aliphatic heterocycles. The largest absolute Gasteiger partial charge is 0.374 e. The lowest BCUT2D eigenvalue weighted by Gasteiger charge is -2.20. The maximum Gasteiger partial charge on any atom is 0.213 e. The smallest absolute Gasteiger partial charge is 0.213 e. The average molecular weight is 388 g/mol. The highest BCUT2D eigenvalue weighted by Crippen LogP contribution is 2.36. The lowest BCUT2D eigenvalue weighted by Crippen LogP contribution is -2.14. The van der Waals surface area contributed by atoms with Crippen LogP contribution < -0.4 is 11.1 Å². The fraction of sp³-hybridized carbons (Fsp3) is 0.250. The molecule has 0 radical (unpaired) electrons. The molecule has 4 rings (SSSR count). The molecule has 5 nitrogen and oxygen atoms in total. The summed E-state index contributed by atoms with van der Waals surface area (Å²) in [7, 11) is 0. The zero-order valence-corrected chi connectivity index (χ0v) is 17.5. The van der Waals surface area contributed by atoms with E-state index in [4.69, 9.17) is 11.1 Å². The summed E-state index contributed by atoms with van der Waals surface area (Å²) in [5.74, 6) is 0.291. The number of aromatic nitrogens is 1. The monoisotopic (exact) mass is 387 g/mol. The standard InChI is InChI=1S/C22H23N5.C2H6/c1-13(2)14-7-9-15(10-8-14)19-17-11-12-25-20(17)21(27-22(23)24)16-5-3-4-6-18(16)26-19;1-2/h3-13,19,25-26H,1-2H3,(H3,23,24);1-2H3/b27-21-;. The van der Waals surface area contributed by atoms with Crippen LogP contribution in [-0.4, -0.2) is 16.7 Å². The second kappa shape index (κ2) is 8.78. The Balaban J connectivity index is 0.00000117. The molecular formula is C24H29N5. The molecule has 0 saturated heterocycles. The van der Waals surface area contributed by atoms with Gasteiger partial charge in [0.1, 0.15) is 5.71 Å². The van der Waals surface area contributed by atoms with Crippen molar-refractivity contribution < 1.29 is 0 Å². The molecule has 1 aliphatic rings. The number of guanidine groups is 1. The van der Waals surface area contributed by atoms with Gasteiger partial charge >= 0.3 is 0 Å². The van der Waals surface area contributed by atoms with Gasteiger partial charge in [-0.05, 0) is 29.2 Å². The second-order valence-corrected chi connectivity index (χ2v) is 7.10. The van der Waals surface area contributed by atoms with Gasteiger partial charge in [-0.1, -0.05) is 70.2 Å². The molecule has 0 amide bonds. The Kier molecular flexibility index (Phi) is 6.17. The topological polar surface area (TPSA) is 90.1 Å². The summed E-state index contributed by atoms with van der Waals surface area (Å²) in [5.41, 5.74) is 12.7. The number of H-pyrrole nitrogens is 1. The number of nitrogens with one attached hydrogen (secondary N) is 3. The Morgan fingerprint density at radius 2 is 1.72 bits per heavy atom. The number of benzene rings is 2. The van der Waals surface area contributed by atoms with Crippen molar-refractivity contribution in [3.63, 3.8) is 0 Å². The van der Waals surface area contributed by atoms with Gasteiger partial charge in [0.25, 0.3) is 0 Å². The van der Waals surface area contributed by atoms with Gasteiger partial charge in [-0.25, -0.2) is 4.99 Å². The first kappa shape index (κ1) is 20.4. The van der Waals surface area contributed by atoms with E-state index in [1.54, 1.807) is 0 Å². The number of nitrogens with two attached hydrogens (primary N) is 1. The first-order valence-electron chi connectivity index (χ1n) is 10.1. The van der Waals surface area contributed by atoms with Crippen LogP contribution in [0.1, 0.15) is 67.6 Å². The molecule has 0 fully saturated rings. The van der Waals surface area contributed by atoms with E-state index < -0.39 is 0 Å². The molecule has 1 unspecified atom stereocenters. The summed E-state index contributed by atoms with van der Waals surface area (Å²) < 4.78 is 0. The number of fused-ring (bicyclic) bond motifs is 2. The van der Waals surface area contributed by atoms with Gasteiger partial charge in [-0.15, -0.1) is 0 Å². The van der Waals surface area contributed by atoms with E-state index in [1.807, 2.05) is 44.3 Å². The Labute approximate surface area is 172 Å². The first-order valence-corrected chi connectivity index (χ1v) is 10.1. The average Bonchev–Trinajstić information content (AvgIpc) is 3.17. The van der Waals surface area contributed by atoms with E-state index >= 15 is 0 Å². The van der Waals surface area contributed by atoms with Crippen molar-refractivity contribution in [3.8, 4) is 0 Å². The molecule has 2 aromatic carbocycles. The molecule has 3 aromatic rings. The highest BCUT2D eigenvalue weighted by Gasteiger charge is 2.27. The van der Waals surface area contributed by atoms with E-state index in [0.717, 1.165) is 22.5 Å². The lowest BCUT2D eigenvalue weighted by atomic mass is 9.95. The maximum atomic E-state index is 7.67. The van der Waals surface area contributed by atoms with E-state index in [9.17, 15) is 0 Å². The molecule has 0 spiro atoms. The van der Waals surface area contributed by atoms with E-state index in [2.05, 4.69) is 59.5 Å². The van der Waals surface area contributed by atoms with E-state index in [1.165, 1.54) is 11.1 Å². The second-order valence-electron chi connectivity index (χ2n) is 7.10. The zero-order valence-electron chi connectivity index (χ0n) is 17.5. The number of hydrogen-bond acceptors (Lipinski definition) is 2. The van der Waals surface area contributed by atoms with E-state index in [-0.39, 0.29) is 12.0 Å². The summed E-state index contributed by atoms with van der Waals surface area (Å²) in [6, 6.07) is 18.8. The van der Waals surface area contributed by atoms with Crippen LogP contribution >= 0.6 is 0 Å². The van der Waals surface area contributed by atoms with Crippen LogP contribution in [0, 0.1) is 5.41 Å². The summed E-state index contributed by atoms with van der Waals surface area (Å²) in [6.07, 6.45) is 1.91. The molecule has 150 valence electrons. The van der Waals surface area contributed by atoms with Gasteiger partial charge in [0.05, 0.1) is 11.7 Å². The minimum atomic E-state index is -0.208. The highest BCUT2D eigenvalue weighted by atomic mass is 15.0. The summed E-state index contributed by atoms with van der Waals surface area (Å²) >= 11 is 0. The first-order chi connectivity index (χ1) is 14.0. The molecule has 29 heavy (non-hydrogen) atoms. The molecule has 0 bridgehead atoms. The SMILES string of the molecule is CC.CC(C)c1ccc(C2Nc3ccccc3/C(=N/C(=N)N)c3[nH]ccc32)cc1. The Hall–Kier alpha value is -3.34. The molecule has 0 saturated carbocycles. The van der Waals surface area contributed by atoms with Crippen molar-refractivity contribution in [2.75, 3.05) is 5.32 Å². The van der Waals surface area contributed by atoms with Crippen LogP contribution in [-0.2, 0) is 0 Å². The number of aromatic amines is 1. The van der Waals surface area contributed by atoms with Crippen molar-refractivity contribution >= 4 is 17.4 Å².